The molecule has 1 unspecified atom stereocenters. The quantitative estimate of drug-likeness (QED) is 0.843. The highest BCUT2D eigenvalue weighted by Gasteiger charge is 2.19. The van der Waals surface area contributed by atoms with Crippen molar-refractivity contribution in [3.8, 4) is 0 Å². The lowest BCUT2D eigenvalue weighted by atomic mass is 10.1. The minimum absolute atomic E-state index is 0.209. The van der Waals surface area contributed by atoms with Crippen molar-refractivity contribution in [2.45, 2.75) is 26.8 Å². The van der Waals surface area contributed by atoms with Gasteiger partial charge >= 0.3 is 0 Å². The Morgan fingerprint density at radius 2 is 2.28 bits per heavy atom. The van der Waals surface area contributed by atoms with Gasteiger partial charge in [-0.1, -0.05) is 13.8 Å². The Balaban J connectivity index is 2.49. The Hall–Kier alpha value is -1.20. The van der Waals surface area contributed by atoms with Crippen LogP contribution in [0.3, 0.4) is 0 Å². The second-order valence-corrected chi connectivity index (χ2v) is 5.03. The van der Waals surface area contributed by atoms with Crippen molar-refractivity contribution in [3.05, 3.63) is 23.1 Å². The summed E-state index contributed by atoms with van der Waals surface area (Å²) in [4.78, 5) is 7.62. The number of imidazole rings is 1. The molecule has 0 bridgehead atoms. The zero-order valence-corrected chi connectivity index (χ0v) is 11.8. The van der Waals surface area contributed by atoms with Crippen molar-refractivity contribution < 1.29 is 4.74 Å². The van der Waals surface area contributed by atoms with E-state index in [1.807, 2.05) is 19.1 Å². The van der Waals surface area contributed by atoms with Crippen molar-refractivity contribution in [3.63, 3.8) is 0 Å². The van der Waals surface area contributed by atoms with Crippen LogP contribution in [0.1, 0.15) is 26.8 Å². The number of hydrogen-bond donors (Lipinski definition) is 1. The van der Waals surface area contributed by atoms with Crippen LogP contribution in [0.15, 0.2) is 18.3 Å². The maximum atomic E-state index is 5.58. The van der Waals surface area contributed by atoms with Gasteiger partial charge in [0.25, 0.3) is 0 Å². The number of aromatic nitrogens is 3. The van der Waals surface area contributed by atoms with Crippen molar-refractivity contribution in [2.24, 2.45) is 5.92 Å². The summed E-state index contributed by atoms with van der Waals surface area (Å²) >= 11 is 5.41. The van der Waals surface area contributed by atoms with Gasteiger partial charge in [-0.3, -0.25) is 4.57 Å². The summed E-state index contributed by atoms with van der Waals surface area (Å²) in [6.07, 6.45) is 1.79. The first-order valence-electron chi connectivity index (χ1n) is 6.28. The molecule has 5 heteroatoms. The molecule has 2 aromatic rings. The molecule has 0 saturated carbocycles. The van der Waals surface area contributed by atoms with Gasteiger partial charge in [0, 0.05) is 12.8 Å². The van der Waals surface area contributed by atoms with E-state index in [-0.39, 0.29) is 6.04 Å². The molecule has 0 aliphatic heterocycles. The molecule has 2 heterocycles. The van der Waals surface area contributed by atoms with Gasteiger partial charge in [-0.05, 0) is 37.2 Å². The number of pyridine rings is 1. The smallest absolute Gasteiger partial charge is 0.179 e. The highest BCUT2D eigenvalue weighted by Crippen LogP contribution is 2.23. The van der Waals surface area contributed by atoms with Crippen LogP contribution in [0, 0.1) is 10.7 Å². The van der Waals surface area contributed by atoms with Crippen LogP contribution in [-0.2, 0) is 4.74 Å². The Labute approximate surface area is 112 Å². The third-order valence-corrected chi connectivity index (χ3v) is 3.37. The average Bonchev–Trinajstić information content (AvgIpc) is 2.66. The van der Waals surface area contributed by atoms with Crippen molar-refractivity contribution >= 4 is 23.4 Å². The van der Waals surface area contributed by atoms with E-state index < -0.39 is 0 Å². The summed E-state index contributed by atoms with van der Waals surface area (Å²) in [6.45, 7) is 7.73. The second kappa shape index (κ2) is 5.63. The molecule has 0 aliphatic rings. The number of H-pyrrole nitrogens is 1. The lowest BCUT2D eigenvalue weighted by Gasteiger charge is -2.22. The van der Waals surface area contributed by atoms with Gasteiger partial charge in [0.05, 0.1) is 18.2 Å². The van der Waals surface area contributed by atoms with Crippen molar-refractivity contribution in [1.29, 1.82) is 0 Å². The second-order valence-electron chi connectivity index (χ2n) is 4.65. The van der Waals surface area contributed by atoms with E-state index in [1.54, 1.807) is 6.20 Å². The lowest BCUT2D eigenvalue weighted by Crippen LogP contribution is -2.21. The van der Waals surface area contributed by atoms with E-state index in [4.69, 9.17) is 17.0 Å². The van der Waals surface area contributed by atoms with Crippen molar-refractivity contribution in [1.82, 2.24) is 14.5 Å². The summed E-state index contributed by atoms with van der Waals surface area (Å²) < 4.78 is 8.36. The van der Waals surface area contributed by atoms with Gasteiger partial charge in [-0.25, -0.2) is 4.98 Å². The number of hydrogen-bond acceptors (Lipinski definition) is 3. The monoisotopic (exact) mass is 265 g/mol. The molecule has 0 saturated heterocycles. The van der Waals surface area contributed by atoms with Crippen LogP contribution in [-0.4, -0.2) is 27.7 Å². The summed E-state index contributed by atoms with van der Waals surface area (Å²) in [7, 11) is 0. The highest BCUT2D eigenvalue weighted by atomic mass is 32.1. The molecule has 0 radical (unpaired) electrons. The number of nitrogens with one attached hydrogen (secondary N) is 1. The molecule has 4 nitrogen and oxygen atoms in total. The van der Waals surface area contributed by atoms with E-state index in [1.165, 1.54) is 0 Å². The molecule has 2 aromatic heterocycles. The van der Waals surface area contributed by atoms with E-state index in [2.05, 4.69) is 28.4 Å². The zero-order chi connectivity index (χ0) is 13.1. The van der Waals surface area contributed by atoms with Gasteiger partial charge in [0.1, 0.15) is 0 Å². The first kappa shape index (κ1) is 13.2. The Morgan fingerprint density at radius 3 is 2.94 bits per heavy atom. The van der Waals surface area contributed by atoms with Gasteiger partial charge in [0.2, 0.25) is 0 Å². The average molecular weight is 265 g/mol. The van der Waals surface area contributed by atoms with Gasteiger partial charge in [0.15, 0.2) is 10.4 Å². The topological polar surface area (TPSA) is 42.8 Å². The third-order valence-electron chi connectivity index (χ3n) is 3.07. The number of fused-ring (bicyclic) bond motifs is 1. The van der Waals surface area contributed by atoms with Crippen LogP contribution in [0.25, 0.3) is 11.2 Å². The standard InChI is InChI=1S/C13H19N3OS/c1-4-17-8-11(9(2)3)16-12-10(15-13(16)18)6-5-7-14-12/h5-7,9,11H,4,8H2,1-3H3,(H,15,18). The first-order valence-corrected chi connectivity index (χ1v) is 6.69. The molecule has 98 valence electrons. The molecule has 0 fully saturated rings. The van der Waals surface area contributed by atoms with E-state index in [9.17, 15) is 0 Å². The van der Waals surface area contributed by atoms with E-state index in [0.29, 0.717) is 23.9 Å². The number of nitrogens with zero attached hydrogens (tertiary/aromatic N) is 2. The van der Waals surface area contributed by atoms with Crippen LogP contribution in [0.5, 0.6) is 0 Å². The summed E-state index contributed by atoms with van der Waals surface area (Å²) in [5.41, 5.74) is 1.88. The van der Waals surface area contributed by atoms with E-state index >= 15 is 0 Å². The Morgan fingerprint density at radius 1 is 1.50 bits per heavy atom. The molecule has 2 rings (SSSR count). The SMILES string of the molecule is CCOCC(C(C)C)n1c(=S)[nH]c2cccnc21. The molecule has 1 N–H and O–H groups in total. The molecule has 0 amide bonds. The lowest BCUT2D eigenvalue weighted by molar-refractivity contribution is 0.0972. The molecular weight excluding hydrogens is 246 g/mol. The molecule has 1 atom stereocenters. The van der Waals surface area contributed by atoms with Crippen LogP contribution in [0.2, 0.25) is 0 Å². The Bertz CT molecular complexity index is 573. The van der Waals surface area contributed by atoms with Gasteiger partial charge < -0.3 is 9.72 Å². The normalized spacial score (nSPS) is 13.3. The van der Waals surface area contributed by atoms with Gasteiger partial charge in [-0.15, -0.1) is 0 Å². The fraction of sp³-hybridized carbons (Fsp3) is 0.538. The van der Waals surface area contributed by atoms with Gasteiger partial charge in [-0.2, -0.15) is 0 Å². The van der Waals surface area contributed by atoms with Crippen LogP contribution < -0.4 is 0 Å². The minimum Gasteiger partial charge on any atom is -0.380 e. The fourth-order valence-corrected chi connectivity index (χ4v) is 2.40. The Kier molecular flexibility index (Phi) is 4.14. The predicted molar refractivity (Wildman–Crippen MR) is 75.3 cm³/mol. The van der Waals surface area contributed by atoms with Crippen LogP contribution >= 0.6 is 12.2 Å². The maximum Gasteiger partial charge on any atom is 0.179 e. The number of ether oxygens (including phenoxy) is 1. The summed E-state index contributed by atoms with van der Waals surface area (Å²) in [5, 5.41) is 0. The first-order chi connectivity index (χ1) is 8.65. The molecule has 0 aliphatic carbocycles. The largest absolute Gasteiger partial charge is 0.380 e. The highest BCUT2D eigenvalue weighted by molar-refractivity contribution is 7.71. The number of rotatable bonds is 5. The fourth-order valence-electron chi connectivity index (χ4n) is 2.07. The molecule has 18 heavy (non-hydrogen) atoms. The summed E-state index contributed by atoms with van der Waals surface area (Å²) in [5.74, 6) is 0.434. The molecule has 0 spiro atoms. The minimum atomic E-state index is 0.209. The molecular formula is C13H19N3OS. The van der Waals surface area contributed by atoms with E-state index in [0.717, 1.165) is 11.2 Å². The maximum absolute atomic E-state index is 5.58. The summed E-state index contributed by atoms with van der Waals surface area (Å²) in [6, 6.07) is 4.11. The zero-order valence-electron chi connectivity index (χ0n) is 11.0. The van der Waals surface area contributed by atoms with Crippen molar-refractivity contribution in [2.75, 3.05) is 13.2 Å². The molecule has 0 aromatic carbocycles. The third kappa shape index (κ3) is 2.47. The predicted octanol–water partition coefficient (Wildman–Crippen LogP) is 3.33. The number of aromatic amines is 1. The van der Waals surface area contributed by atoms with Crippen LogP contribution in [0.4, 0.5) is 0 Å².